The van der Waals surface area contributed by atoms with E-state index in [1.165, 1.54) is 22.6 Å². The van der Waals surface area contributed by atoms with Gasteiger partial charge in [-0.05, 0) is 61.7 Å². The van der Waals surface area contributed by atoms with Crippen LogP contribution in [0.2, 0.25) is 0 Å². The average Bonchev–Trinajstić information content (AvgIpc) is 3.59. The zero-order chi connectivity index (χ0) is 24.7. The van der Waals surface area contributed by atoms with E-state index in [0.29, 0.717) is 13.1 Å². The number of sulfonamides is 1. The maximum absolute atomic E-state index is 13.3. The Hall–Kier alpha value is -3.24. The third-order valence-corrected chi connectivity index (χ3v) is 8.58. The average molecular weight is 497 g/mol. The van der Waals surface area contributed by atoms with Crippen molar-refractivity contribution in [1.82, 2.24) is 23.9 Å². The van der Waals surface area contributed by atoms with Crippen LogP contribution < -0.4 is 4.90 Å². The zero-order valence-corrected chi connectivity index (χ0v) is 20.9. The molecule has 4 aromatic rings. The van der Waals surface area contributed by atoms with E-state index in [1.807, 2.05) is 13.8 Å². The molecule has 184 valence electrons. The Kier molecular flexibility index (Phi) is 6.10. The first kappa shape index (κ1) is 23.5. The van der Waals surface area contributed by atoms with Gasteiger partial charge in [0.15, 0.2) is 0 Å². The molecule has 1 aliphatic heterocycles. The number of fused-ring (bicyclic) bond motifs is 1. The van der Waals surface area contributed by atoms with E-state index in [2.05, 4.69) is 27.2 Å². The SMILES string of the molecule is CCCn1cc(S(=O)(=O)N(C)C2CCN(c3cc4cnn(-c5ccc(F)cc5)c4cc3C)C2)cn1. The van der Waals surface area contributed by atoms with E-state index < -0.39 is 10.0 Å². The smallest absolute Gasteiger partial charge is 0.246 e. The Morgan fingerprint density at radius 2 is 1.91 bits per heavy atom. The van der Waals surface area contributed by atoms with Gasteiger partial charge in [-0.1, -0.05) is 6.92 Å². The zero-order valence-electron chi connectivity index (χ0n) is 20.1. The van der Waals surface area contributed by atoms with Crippen molar-refractivity contribution < 1.29 is 12.8 Å². The molecule has 2 aromatic heterocycles. The van der Waals surface area contributed by atoms with Crippen LogP contribution >= 0.6 is 0 Å². The number of halogens is 1. The molecule has 35 heavy (non-hydrogen) atoms. The molecule has 10 heteroatoms. The highest BCUT2D eigenvalue weighted by atomic mass is 32.2. The van der Waals surface area contributed by atoms with Gasteiger partial charge >= 0.3 is 0 Å². The van der Waals surface area contributed by atoms with E-state index in [1.54, 1.807) is 40.9 Å². The van der Waals surface area contributed by atoms with Crippen LogP contribution in [0.1, 0.15) is 25.3 Å². The third-order valence-electron chi connectivity index (χ3n) is 6.71. The third kappa shape index (κ3) is 4.32. The predicted octanol–water partition coefficient (Wildman–Crippen LogP) is 3.98. The van der Waals surface area contributed by atoms with Crippen LogP contribution in [-0.4, -0.2) is 58.5 Å². The van der Waals surface area contributed by atoms with Gasteiger partial charge in [0.25, 0.3) is 0 Å². The van der Waals surface area contributed by atoms with E-state index in [-0.39, 0.29) is 16.8 Å². The van der Waals surface area contributed by atoms with E-state index in [9.17, 15) is 12.8 Å². The number of nitrogens with zero attached hydrogens (tertiary/aromatic N) is 6. The highest BCUT2D eigenvalue weighted by Gasteiger charge is 2.34. The second-order valence-electron chi connectivity index (χ2n) is 9.08. The van der Waals surface area contributed by atoms with Gasteiger partial charge in [-0.15, -0.1) is 0 Å². The van der Waals surface area contributed by atoms with Crippen molar-refractivity contribution >= 4 is 26.6 Å². The molecular weight excluding hydrogens is 467 g/mol. The number of hydrogen-bond acceptors (Lipinski definition) is 5. The van der Waals surface area contributed by atoms with Gasteiger partial charge in [0, 0.05) is 50.0 Å². The summed E-state index contributed by atoms with van der Waals surface area (Å²) in [5.41, 5.74) is 3.88. The fraction of sp³-hybridized carbons (Fsp3) is 0.360. The molecule has 2 aromatic carbocycles. The lowest BCUT2D eigenvalue weighted by Crippen LogP contribution is -2.39. The summed E-state index contributed by atoms with van der Waals surface area (Å²) in [6.45, 7) is 6.14. The van der Waals surface area contributed by atoms with Gasteiger partial charge in [-0.3, -0.25) is 4.68 Å². The number of aryl methyl sites for hydroxylation is 2. The first-order valence-electron chi connectivity index (χ1n) is 11.8. The van der Waals surface area contributed by atoms with Gasteiger partial charge in [-0.25, -0.2) is 17.5 Å². The van der Waals surface area contributed by atoms with Crippen molar-refractivity contribution in [2.75, 3.05) is 25.0 Å². The van der Waals surface area contributed by atoms with Crippen molar-refractivity contribution in [1.29, 1.82) is 0 Å². The summed E-state index contributed by atoms with van der Waals surface area (Å²) >= 11 is 0. The van der Waals surface area contributed by atoms with Crippen LogP contribution in [0.4, 0.5) is 10.1 Å². The summed E-state index contributed by atoms with van der Waals surface area (Å²) < 4.78 is 44.7. The molecule has 8 nitrogen and oxygen atoms in total. The van der Waals surface area contributed by atoms with Gasteiger partial charge in [0.2, 0.25) is 10.0 Å². The molecule has 1 aliphatic rings. The van der Waals surface area contributed by atoms with Gasteiger partial charge in [0.05, 0.1) is 23.6 Å². The van der Waals surface area contributed by atoms with Crippen LogP contribution in [-0.2, 0) is 16.6 Å². The Morgan fingerprint density at radius 1 is 1.14 bits per heavy atom. The summed E-state index contributed by atoms with van der Waals surface area (Å²) in [5, 5.41) is 9.67. The van der Waals surface area contributed by atoms with Crippen LogP contribution in [0.5, 0.6) is 0 Å². The summed E-state index contributed by atoms with van der Waals surface area (Å²) in [5.74, 6) is -0.283. The minimum absolute atomic E-state index is 0.133. The number of hydrogen-bond donors (Lipinski definition) is 0. The standard InChI is InChI=1S/C25H29FN6O2S/c1-4-10-31-17-23(15-27-31)35(33,34)29(3)22-9-11-30(16-22)24-13-19-14-28-32(25(19)12-18(24)2)21-7-5-20(26)6-8-21/h5-8,12-15,17,22H,4,9-11,16H2,1-3H3. The topological polar surface area (TPSA) is 76.3 Å². The highest BCUT2D eigenvalue weighted by molar-refractivity contribution is 7.89. The monoisotopic (exact) mass is 496 g/mol. The number of benzene rings is 2. The molecule has 1 atom stereocenters. The van der Waals surface area contributed by atoms with E-state index in [0.717, 1.165) is 47.2 Å². The molecule has 0 spiro atoms. The second kappa shape index (κ2) is 9.09. The Balaban J connectivity index is 1.37. The van der Waals surface area contributed by atoms with E-state index in [4.69, 9.17) is 0 Å². The molecule has 0 N–H and O–H groups in total. The normalized spacial score (nSPS) is 16.6. The molecule has 1 unspecified atom stereocenters. The molecule has 5 rings (SSSR count). The number of rotatable bonds is 7. The second-order valence-corrected chi connectivity index (χ2v) is 11.1. The minimum atomic E-state index is -3.62. The van der Waals surface area contributed by atoms with Crippen LogP contribution in [0.25, 0.3) is 16.6 Å². The van der Waals surface area contributed by atoms with Crippen LogP contribution in [0, 0.1) is 12.7 Å². The highest BCUT2D eigenvalue weighted by Crippen LogP contribution is 2.32. The fourth-order valence-corrected chi connectivity index (χ4v) is 6.08. The van der Waals surface area contributed by atoms with Gasteiger partial charge < -0.3 is 4.90 Å². The van der Waals surface area contributed by atoms with Gasteiger partial charge in [-0.2, -0.15) is 14.5 Å². The predicted molar refractivity (Wildman–Crippen MR) is 134 cm³/mol. The van der Waals surface area contributed by atoms with Crippen LogP contribution in [0.3, 0.4) is 0 Å². The lowest BCUT2D eigenvalue weighted by molar-refractivity contribution is 0.390. The molecule has 1 saturated heterocycles. The first-order chi connectivity index (χ1) is 16.8. The molecule has 0 aliphatic carbocycles. The summed E-state index contributed by atoms with van der Waals surface area (Å²) in [6, 6.07) is 10.3. The van der Waals surface area contributed by atoms with Crippen molar-refractivity contribution in [3.8, 4) is 5.69 Å². The van der Waals surface area contributed by atoms with Gasteiger partial charge in [0.1, 0.15) is 10.7 Å². The summed E-state index contributed by atoms with van der Waals surface area (Å²) in [7, 11) is -1.96. The Labute approximate surface area is 204 Å². The maximum Gasteiger partial charge on any atom is 0.246 e. The van der Waals surface area contributed by atoms with Crippen molar-refractivity contribution in [2.24, 2.45) is 0 Å². The fourth-order valence-electron chi connectivity index (χ4n) is 4.74. The molecule has 1 fully saturated rings. The molecule has 0 saturated carbocycles. The quantitative estimate of drug-likeness (QED) is 0.387. The Morgan fingerprint density at radius 3 is 2.66 bits per heavy atom. The van der Waals surface area contributed by atoms with Crippen molar-refractivity contribution in [2.45, 2.75) is 44.2 Å². The molecule has 3 heterocycles. The largest absolute Gasteiger partial charge is 0.370 e. The lowest BCUT2D eigenvalue weighted by Gasteiger charge is -2.25. The van der Waals surface area contributed by atoms with Crippen molar-refractivity contribution in [3.05, 3.63) is 66.4 Å². The lowest BCUT2D eigenvalue weighted by atomic mass is 10.1. The molecule has 0 radical (unpaired) electrons. The molecular formula is C25H29FN6O2S. The first-order valence-corrected chi connectivity index (χ1v) is 13.2. The number of likely N-dealkylation sites (N-methyl/N-ethyl adjacent to an activating group) is 1. The number of aromatic nitrogens is 4. The summed E-state index contributed by atoms with van der Waals surface area (Å²) in [6.07, 6.45) is 6.48. The van der Waals surface area contributed by atoms with Crippen molar-refractivity contribution in [3.63, 3.8) is 0 Å². The Bertz CT molecular complexity index is 1460. The molecule has 0 amide bonds. The van der Waals surface area contributed by atoms with E-state index >= 15 is 0 Å². The minimum Gasteiger partial charge on any atom is -0.370 e. The van der Waals surface area contributed by atoms with Crippen LogP contribution in [0.15, 0.2) is 59.9 Å². The number of anilines is 1. The summed E-state index contributed by atoms with van der Waals surface area (Å²) in [4.78, 5) is 2.47. The maximum atomic E-state index is 13.3. The molecule has 0 bridgehead atoms.